The number of benzene rings is 1. The molecule has 0 spiro atoms. The molecule has 1 amide bonds. The number of amides is 1. The van der Waals surface area contributed by atoms with Crippen molar-refractivity contribution in [1.29, 1.82) is 0 Å². The molecular weight excluding hydrogens is 330 g/mol. The summed E-state index contributed by atoms with van der Waals surface area (Å²) in [5.41, 5.74) is 0. The highest BCUT2D eigenvalue weighted by molar-refractivity contribution is 8.00. The van der Waals surface area contributed by atoms with Gasteiger partial charge in [0, 0.05) is 28.0 Å². The highest BCUT2D eigenvalue weighted by atomic mass is 35.5. The number of hydrogen-bond donors (Lipinski definition) is 1. The minimum absolute atomic E-state index is 0.123. The first-order chi connectivity index (χ1) is 9.99. The van der Waals surface area contributed by atoms with Gasteiger partial charge in [-0.2, -0.15) is 11.8 Å². The van der Waals surface area contributed by atoms with Gasteiger partial charge in [-0.25, -0.2) is 4.79 Å². The zero-order valence-electron chi connectivity index (χ0n) is 11.5. The maximum atomic E-state index is 12.5. The van der Waals surface area contributed by atoms with Crippen LogP contribution in [-0.2, 0) is 9.59 Å². The number of carbonyl (C=O) groups is 2. The number of rotatable bonds is 4. The van der Waals surface area contributed by atoms with Gasteiger partial charge in [-0.15, -0.1) is 11.8 Å². The van der Waals surface area contributed by atoms with Crippen LogP contribution in [0, 0.1) is 0 Å². The summed E-state index contributed by atoms with van der Waals surface area (Å²) in [6.45, 7) is 2.30. The molecule has 1 heterocycles. The fourth-order valence-corrected chi connectivity index (χ4v) is 4.18. The van der Waals surface area contributed by atoms with Crippen molar-refractivity contribution in [2.45, 2.75) is 23.1 Å². The summed E-state index contributed by atoms with van der Waals surface area (Å²) >= 11 is 8.83. The molecule has 114 valence electrons. The molecule has 2 rings (SSSR count). The first kappa shape index (κ1) is 16.5. The van der Waals surface area contributed by atoms with Gasteiger partial charge in [0.2, 0.25) is 5.91 Å². The molecule has 1 aliphatic rings. The zero-order chi connectivity index (χ0) is 15.4. The molecule has 1 fully saturated rings. The van der Waals surface area contributed by atoms with Gasteiger partial charge in [0.15, 0.2) is 0 Å². The minimum atomic E-state index is -0.931. The molecule has 2 unspecified atom stereocenters. The average Bonchev–Trinajstić information content (AvgIpc) is 2.48. The second kappa shape index (κ2) is 7.42. The number of aliphatic carboxylic acids is 1. The molecule has 0 saturated carbocycles. The van der Waals surface area contributed by atoms with Crippen LogP contribution in [0.4, 0.5) is 0 Å². The van der Waals surface area contributed by atoms with Crippen LogP contribution < -0.4 is 0 Å². The van der Waals surface area contributed by atoms with E-state index in [4.69, 9.17) is 11.6 Å². The van der Waals surface area contributed by atoms with E-state index in [0.717, 1.165) is 10.6 Å². The molecule has 21 heavy (non-hydrogen) atoms. The predicted molar refractivity (Wildman–Crippen MR) is 87.2 cm³/mol. The number of carboxylic acid groups (broad SMARTS) is 1. The van der Waals surface area contributed by atoms with Crippen molar-refractivity contribution in [3.8, 4) is 0 Å². The normalized spacial score (nSPS) is 20.1. The summed E-state index contributed by atoms with van der Waals surface area (Å²) in [6, 6.07) is 6.55. The van der Waals surface area contributed by atoms with E-state index in [1.165, 1.54) is 16.7 Å². The topological polar surface area (TPSA) is 57.6 Å². The van der Waals surface area contributed by atoms with Crippen molar-refractivity contribution in [1.82, 2.24) is 4.90 Å². The lowest BCUT2D eigenvalue weighted by Crippen LogP contribution is -2.52. The number of hydrogen-bond acceptors (Lipinski definition) is 4. The van der Waals surface area contributed by atoms with Gasteiger partial charge in [0.1, 0.15) is 6.04 Å². The summed E-state index contributed by atoms with van der Waals surface area (Å²) in [6.07, 6.45) is 0. The highest BCUT2D eigenvalue weighted by Gasteiger charge is 2.34. The largest absolute Gasteiger partial charge is 0.480 e. The van der Waals surface area contributed by atoms with Crippen LogP contribution in [0.15, 0.2) is 29.2 Å². The van der Waals surface area contributed by atoms with Gasteiger partial charge in [-0.3, -0.25) is 4.79 Å². The molecule has 4 nitrogen and oxygen atoms in total. The SMILES string of the molecule is CC(Sc1ccc(Cl)cc1)C(=O)N1CCSCC1C(=O)O. The standard InChI is InChI=1S/C14H16ClNO3S2/c1-9(21-11-4-2-10(15)3-5-11)13(17)16-6-7-20-8-12(16)14(18)19/h2-5,9,12H,6-8H2,1H3,(H,18,19). The third-order valence-electron chi connectivity index (χ3n) is 3.17. The van der Waals surface area contributed by atoms with E-state index >= 15 is 0 Å². The molecule has 0 aliphatic carbocycles. The molecule has 1 saturated heterocycles. The summed E-state index contributed by atoms with van der Waals surface area (Å²) in [7, 11) is 0. The van der Waals surface area contributed by atoms with Crippen LogP contribution in [0.3, 0.4) is 0 Å². The molecule has 1 N–H and O–H groups in total. The van der Waals surface area contributed by atoms with Gasteiger partial charge in [-0.1, -0.05) is 11.6 Å². The molecule has 2 atom stereocenters. The first-order valence-electron chi connectivity index (χ1n) is 6.52. The third kappa shape index (κ3) is 4.31. The number of halogens is 1. The van der Waals surface area contributed by atoms with E-state index in [9.17, 15) is 14.7 Å². The van der Waals surface area contributed by atoms with Crippen molar-refractivity contribution in [2.75, 3.05) is 18.1 Å². The Balaban J connectivity index is 2.03. The average molecular weight is 346 g/mol. The van der Waals surface area contributed by atoms with Crippen molar-refractivity contribution in [3.05, 3.63) is 29.3 Å². The quantitative estimate of drug-likeness (QED) is 0.850. The van der Waals surface area contributed by atoms with Gasteiger partial charge >= 0.3 is 5.97 Å². The first-order valence-corrected chi connectivity index (χ1v) is 8.93. The fraction of sp³-hybridized carbons (Fsp3) is 0.429. The Morgan fingerprint density at radius 3 is 2.71 bits per heavy atom. The Morgan fingerprint density at radius 1 is 1.43 bits per heavy atom. The number of thioether (sulfide) groups is 2. The predicted octanol–water partition coefficient (Wildman–Crippen LogP) is 2.85. The molecule has 1 aromatic carbocycles. The van der Waals surface area contributed by atoms with Crippen LogP contribution in [0.5, 0.6) is 0 Å². The van der Waals surface area contributed by atoms with Crippen molar-refractivity contribution < 1.29 is 14.7 Å². The van der Waals surface area contributed by atoms with E-state index in [1.807, 2.05) is 19.1 Å². The monoisotopic (exact) mass is 345 g/mol. The molecular formula is C14H16ClNO3S2. The number of carbonyl (C=O) groups excluding carboxylic acids is 1. The van der Waals surface area contributed by atoms with E-state index in [2.05, 4.69) is 0 Å². The Bertz CT molecular complexity index is 523. The second-order valence-electron chi connectivity index (χ2n) is 4.67. The Labute approximate surface area is 137 Å². The Hall–Kier alpha value is -0.850. The third-order valence-corrected chi connectivity index (χ3v) is 5.55. The molecule has 0 bridgehead atoms. The maximum Gasteiger partial charge on any atom is 0.327 e. The van der Waals surface area contributed by atoms with E-state index in [0.29, 0.717) is 17.3 Å². The maximum absolute atomic E-state index is 12.5. The summed E-state index contributed by atoms with van der Waals surface area (Å²) in [5.74, 6) is 0.190. The van der Waals surface area contributed by atoms with E-state index < -0.39 is 12.0 Å². The molecule has 1 aromatic rings. The molecule has 7 heteroatoms. The van der Waals surface area contributed by atoms with Crippen molar-refractivity contribution >= 4 is 47.0 Å². The molecule has 1 aliphatic heterocycles. The summed E-state index contributed by atoms with van der Waals surface area (Å²) < 4.78 is 0. The van der Waals surface area contributed by atoms with Gasteiger partial charge in [-0.05, 0) is 31.2 Å². The van der Waals surface area contributed by atoms with Crippen LogP contribution in [0.25, 0.3) is 0 Å². The van der Waals surface area contributed by atoms with Crippen molar-refractivity contribution in [2.24, 2.45) is 0 Å². The van der Waals surface area contributed by atoms with E-state index in [1.54, 1.807) is 23.9 Å². The van der Waals surface area contributed by atoms with Gasteiger partial charge in [0.25, 0.3) is 0 Å². The van der Waals surface area contributed by atoms with E-state index in [-0.39, 0.29) is 11.2 Å². The number of nitrogens with zero attached hydrogens (tertiary/aromatic N) is 1. The Kier molecular flexibility index (Phi) is 5.84. The lowest BCUT2D eigenvalue weighted by Gasteiger charge is -2.34. The number of carboxylic acids is 1. The van der Waals surface area contributed by atoms with Crippen LogP contribution in [-0.4, -0.2) is 51.2 Å². The minimum Gasteiger partial charge on any atom is -0.480 e. The highest BCUT2D eigenvalue weighted by Crippen LogP contribution is 2.27. The summed E-state index contributed by atoms with van der Waals surface area (Å²) in [4.78, 5) is 26.2. The zero-order valence-corrected chi connectivity index (χ0v) is 13.9. The summed E-state index contributed by atoms with van der Waals surface area (Å²) in [5, 5.41) is 9.56. The lowest BCUT2D eigenvalue weighted by atomic mass is 10.2. The van der Waals surface area contributed by atoms with Crippen LogP contribution in [0.2, 0.25) is 5.02 Å². The smallest absolute Gasteiger partial charge is 0.327 e. The second-order valence-corrected chi connectivity index (χ2v) is 7.68. The molecule has 0 aromatic heterocycles. The van der Waals surface area contributed by atoms with Crippen LogP contribution >= 0.6 is 35.1 Å². The fourth-order valence-electron chi connectivity index (χ4n) is 2.07. The van der Waals surface area contributed by atoms with Gasteiger partial charge < -0.3 is 10.0 Å². The van der Waals surface area contributed by atoms with Crippen LogP contribution in [0.1, 0.15) is 6.92 Å². The van der Waals surface area contributed by atoms with Gasteiger partial charge in [0.05, 0.1) is 5.25 Å². The molecule has 0 radical (unpaired) electrons. The van der Waals surface area contributed by atoms with Crippen molar-refractivity contribution in [3.63, 3.8) is 0 Å². The lowest BCUT2D eigenvalue weighted by molar-refractivity contribution is -0.148. The Morgan fingerprint density at radius 2 is 2.10 bits per heavy atom.